The third-order valence-corrected chi connectivity index (χ3v) is 5.02. The van der Waals surface area contributed by atoms with Gasteiger partial charge in [0.05, 0.1) is 24.8 Å². The second kappa shape index (κ2) is 8.80. The van der Waals surface area contributed by atoms with Crippen LogP contribution in [0.25, 0.3) is 11.4 Å². The molecule has 0 N–H and O–H groups in total. The van der Waals surface area contributed by atoms with E-state index in [2.05, 4.69) is 20.3 Å². The molecule has 11 heteroatoms. The quantitative estimate of drug-likeness (QED) is 0.364. The lowest BCUT2D eigenvalue weighted by Crippen LogP contribution is -2.04. The summed E-state index contributed by atoms with van der Waals surface area (Å²) in [6.45, 7) is 0. The molecule has 0 aliphatic rings. The van der Waals surface area contributed by atoms with Crippen LogP contribution in [-0.2, 0) is 18.3 Å². The number of thioether (sulfide) groups is 1. The van der Waals surface area contributed by atoms with Crippen LogP contribution in [0.1, 0.15) is 22.9 Å². The van der Waals surface area contributed by atoms with Gasteiger partial charge in [-0.3, -0.25) is 0 Å². The highest BCUT2D eigenvalue weighted by Crippen LogP contribution is 2.30. The molecule has 160 valence electrons. The van der Waals surface area contributed by atoms with Crippen LogP contribution >= 0.6 is 11.8 Å². The molecule has 2 heterocycles. The number of ether oxygens (including phenoxy) is 1. The lowest BCUT2D eigenvalue weighted by atomic mass is 10.1. The minimum atomic E-state index is -4.39. The summed E-state index contributed by atoms with van der Waals surface area (Å²) in [4.78, 5) is 4.20. The van der Waals surface area contributed by atoms with E-state index in [0.29, 0.717) is 23.1 Å². The molecule has 2 aromatic heterocycles. The van der Waals surface area contributed by atoms with Crippen LogP contribution < -0.4 is 4.74 Å². The fourth-order valence-electron chi connectivity index (χ4n) is 2.65. The molecule has 0 bridgehead atoms. The van der Waals surface area contributed by atoms with Crippen LogP contribution in [0.3, 0.4) is 0 Å². The van der Waals surface area contributed by atoms with Crippen LogP contribution in [0.4, 0.5) is 13.2 Å². The number of benzene rings is 2. The highest BCUT2D eigenvalue weighted by atomic mass is 32.2. The minimum absolute atomic E-state index is 0.204. The molecule has 0 saturated carbocycles. The van der Waals surface area contributed by atoms with E-state index in [1.165, 1.54) is 23.9 Å². The van der Waals surface area contributed by atoms with Crippen molar-refractivity contribution in [2.45, 2.75) is 23.6 Å². The molecule has 0 radical (unpaired) electrons. The lowest BCUT2D eigenvalue weighted by molar-refractivity contribution is -0.137. The average molecular weight is 448 g/mol. The Kier molecular flexibility index (Phi) is 5.94. The second-order valence-corrected chi connectivity index (χ2v) is 7.29. The molecule has 0 saturated heterocycles. The predicted octanol–water partition coefficient (Wildman–Crippen LogP) is 5.03. The number of hydrogen-bond acceptors (Lipinski definition) is 8. The van der Waals surface area contributed by atoms with E-state index in [-0.39, 0.29) is 17.5 Å². The SMILES string of the molecule is COc1ccc(Cc2nnc(SCc3nc(-c4ccc(C(F)(F)F)cc4)no3)o2)cc1. The monoisotopic (exact) mass is 448 g/mol. The average Bonchev–Trinajstić information content (AvgIpc) is 3.42. The maximum atomic E-state index is 12.7. The summed E-state index contributed by atoms with van der Waals surface area (Å²) in [5, 5.41) is 12.2. The molecule has 4 aromatic rings. The Hall–Kier alpha value is -3.34. The Balaban J connectivity index is 1.34. The summed E-state index contributed by atoms with van der Waals surface area (Å²) in [5.74, 6) is 1.99. The van der Waals surface area contributed by atoms with Crippen molar-refractivity contribution < 1.29 is 26.8 Å². The summed E-state index contributed by atoms with van der Waals surface area (Å²) in [5.41, 5.74) is 0.684. The normalized spacial score (nSPS) is 11.6. The van der Waals surface area contributed by atoms with Crippen molar-refractivity contribution in [1.82, 2.24) is 20.3 Å². The van der Waals surface area contributed by atoms with Crippen LogP contribution in [0.15, 0.2) is 62.7 Å². The van der Waals surface area contributed by atoms with E-state index in [1.54, 1.807) is 7.11 Å². The van der Waals surface area contributed by atoms with Gasteiger partial charge in [0.1, 0.15) is 5.75 Å². The van der Waals surface area contributed by atoms with Gasteiger partial charge < -0.3 is 13.7 Å². The predicted molar refractivity (Wildman–Crippen MR) is 104 cm³/mol. The number of alkyl halides is 3. The number of halogens is 3. The molecule has 0 unspecified atom stereocenters. The van der Waals surface area contributed by atoms with Gasteiger partial charge in [-0.25, -0.2) is 0 Å². The van der Waals surface area contributed by atoms with Gasteiger partial charge in [0, 0.05) is 5.56 Å². The van der Waals surface area contributed by atoms with Crippen molar-refractivity contribution in [3.8, 4) is 17.1 Å². The second-order valence-electron chi connectivity index (χ2n) is 6.36. The first kappa shape index (κ1) is 20.9. The molecule has 31 heavy (non-hydrogen) atoms. The highest BCUT2D eigenvalue weighted by molar-refractivity contribution is 7.98. The van der Waals surface area contributed by atoms with Gasteiger partial charge >= 0.3 is 6.18 Å². The molecule has 0 amide bonds. The summed E-state index contributed by atoms with van der Waals surface area (Å²) in [7, 11) is 1.60. The zero-order valence-corrected chi connectivity index (χ0v) is 16.9. The van der Waals surface area contributed by atoms with Gasteiger partial charge in [0.2, 0.25) is 17.6 Å². The highest BCUT2D eigenvalue weighted by Gasteiger charge is 2.30. The first-order valence-corrected chi connectivity index (χ1v) is 9.97. The Morgan fingerprint density at radius 2 is 1.71 bits per heavy atom. The van der Waals surface area contributed by atoms with Crippen molar-refractivity contribution in [3.05, 3.63) is 71.4 Å². The van der Waals surface area contributed by atoms with Gasteiger partial charge in [-0.05, 0) is 29.8 Å². The summed E-state index contributed by atoms with van der Waals surface area (Å²) >= 11 is 1.22. The fourth-order valence-corrected chi connectivity index (χ4v) is 3.27. The van der Waals surface area contributed by atoms with E-state index in [1.807, 2.05) is 24.3 Å². The Morgan fingerprint density at radius 3 is 2.39 bits per heavy atom. The summed E-state index contributed by atoms with van der Waals surface area (Å²) < 4.78 is 53.9. The van der Waals surface area contributed by atoms with E-state index >= 15 is 0 Å². The van der Waals surface area contributed by atoms with Crippen molar-refractivity contribution in [1.29, 1.82) is 0 Å². The molecular weight excluding hydrogens is 433 g/mol. The van der Waals surface area contributed by atoms with Crippen LogP contribution in [0.5, 0.6) is 5.75 Å². The number of hydrogen-bond donors (Lipinski definition) is 0. The van der Waals surface area contributed by atoms with Crippen LogP contribution in [0.2, 0.25) is 0 Å². The zero-order valence-electron chi connectivity index (χ0n) is 16.1. The van der Waals surface area contributed by atoms with Gasteiger partial charge in [0.25, 0.3) is 5.22 Å². The Labute approximate surface area is 178 Å². The number of aromatic nitrogens is 4. The van der Waals surface area contributed by atoms with E-state index in [9.17, 15) is 13.2 Å². The van der Waals surface area contributed by atoms with Crippen molar-refractivity contribution in [2.75, 3.05) is 7.11 Å². The number of methoxy groups -OCH3 is 1. The van der Waals surface area contributed by atoms with Crippen LogP contribution in [-0.4, -0.2) is 27.4 Å². The minimum Gasteiger partial charge on any atom is -0.497 e. The third-order valence-electron chi connectivity index (χ3n) is 4.22. The third kappa shape index (κ3) is 5.23. The first-order valence-electron chi connectivity index (χ1n) is 8.99. The summed E-state index contributed by atoms with van der Waals surface area (Å²) in [6, 6.07) is 12.1. The van der Waals surface area contributed by atoms with E-state index in [4.69, 9.17) is 13.7 Å². The molecule has 0 fully saturated rings. The van der Waals surface area contributed by atoms with Crippen molar-refractivity contribution >= 4 is 11.8 Å². The smallest absolute Gasteiger partial charge is 0.416 e. The largest absolute Gasteiger partial charge is 0.497 e. The topological polar surface area (TPSA) is 87.1 Å². The molecule has 0 aliphatic carbocycles. The first-order chi connectivity index (χ1) is 14.9. The van der Waals surface area contributed by atoms with Crippen molar-refractivity contribution in [2.24, 2.45) is 0 Å². The summed E-state index contributed by atoms with van der Waals surface area (Å²) in [6.07, 6.45) is -3.91. The molecule has 0 atom stereocenters. The zero-order chi connectivity index (χ0) is 21.8. The van der Waals surface area contributed by atoms with Gasteiger partial charge in [0.15, 0.2) is 0 Å². The number of nitrogens with zero attached hydrogens (tertiary/aromatic N) is 4. The van der Waals surface area contributed by atoms with Gasteiger partial charge in [-0.15, -0.1) is 10.2 Å². The molecular formula is C20H15F3N4O3S. The fraction of sp³-hybridized carbons (Fsp3) is 0.200. The Bertz CT molecular complexity index is 1140. The van der Waals surface area contributed by atoms with Gasteiger partial charge in [-0.2, -0.15) is 18.2 Å². The maximum absolute atomic E-state index is 12.7. The van der Waals surface area contributed by atoms with Crippen molar-refractivity contribution in [3.63, 3.8) is 0 Å². The standard InChI is InChI=1S/C20H15F3N4O3S/c1-28-15-8-2-12(3-9-15)10-16-25-26-19(29-16)31-11-17-24-18(27-30-17)13-4-6-14(7-5-13)20(21,22)23/h2-9H,10-11H2,1H3. The van der Waals surface area contributed by atoms with E-state index < -0.39 is 11.7 Å². The molecule has 0 spiro atoms. The molecule has 7 nitrogen and oxygen atoms in total. The Morgan fingerprint density at radius 1 is 0.968 bits per heavy atom. The molecule has 0 aliphatic heterocycles. The molecule has 2 aromatic carbocycles. The molecule has 4 rings (SSSR count). The maximum Gasteiger partial charge on any atom is 0.416 e. The van der Waals surface area contributed by atoms with Gasteiger partial charge in [-0.1, -0.05) is 41.2 Å². The lowest BCUT2D eigenvalue weighted by Gasteiger charge is -2.05. The van der Waals surface area contributed by atoms with Crippen LogP contribution in [0, 0.1) is 0 Å². The number of rotatable bonds is 7. The van der Waals surface area contributed by atoms with E-state index in [0.717, 1.165) is 23.4 Å².